The van der Waals surface area contributed by atoms with E-state index in [4.69, 9.17) is 0 Å². The molecule has 6 nitrogen and oxygen atoms in total. The number of carbonyl (C=O) groups excluding carboxylic acids is 1. The van der Waals surface area contributed by atoms with Gasteiger partial charge in [-0.05, 0) is 25.5 Å². The number of nitrogens with zero attached hydrogens (tertiary/aromatic N) is 1. The van der Waals surface area contributed by atoms with Crippen LogP contribution in [0.5, 0.6) is 0 Å². The van der Waals surface area contributed by atoms with Gasteiger partial charge in [0.1, 0.15) is 5.56 Å². The molecule has 0 aliphatic carbocycles. The molecule has 0 atom stereocenters. The van der Waals surface area contributed by atoms with Crippen molar-refractivity contribution in [1.82, 2.24) is 15.2 Å². The van der Waals surface area contributed by atoms with Crippen LogP contribution < -0.4 is 10.9 Å². The molecule has 2 rings (SSSR count). The zero-order valence-electron chi connectivity index (χ0n) is 10.9. The molecular weight excluding hydrogens is 244 g/mol. The number of aromatic amines is 2. The van der Waals surface area contributed by atoms with Gasteiger partial charge in [0.2, 0.25) is 0 Å². The fraction of sp³-hybridized carbons (Fsp3) is 0.308. The van der Waals surface area contributed by atoms with E-state index in [9.17, 15) is 9.59 Å². The minimum absolute atomic E-state index is 0.0747. The molecule has 0 unspecified atom stereocenters. The molecule has 2 heterocycles. The van der Waals surface area contributed by atoms with Gasteiger partial charge in [-0.2, -0.15) is 5.10 Å². The Kier molecular flexibility index (Phi) is 3.79. The van der Waals surface area contributed by atoms with E-state index >= 15 is 0 Å². The molecule has 6 heteroatoms. The minimum atomic E-state index is -0.462. The van der Waals surface area contributed by atoms with Crippen LogP contribution in [0.25, 0.3) is 0 Å². The van der Waals surface area contributed by atoms with Crippen LogP contribution in [-0.4, -0.2) is 21.1 Å². The number of nitrogens with one attached hydrogen (secondary N) is 3. The van der Waals surface area contributed by atoms with E-state index in [1.54, 1.807) is 19.1 Å². The van der Waals surface area contributed by atoms with Crippen molar-refractivity contribution in [3.8, 4) is 0 Å². The third-order valence-electron chi connectivity index (χ3n) is 2.69. The van der Waals surface area contributed by atoms with Crippen LogP contribution in [0.2, 0.25) is 0 Å². The van der Waals surface area contributed by atoms with Gasteiger partial charge in [-0.25, -0.2) is 0 Å². The van der Waals surface area contributed by atoms with Gasteiger partial charge < -0.3 is 10.3 Å². The molecule has 100 valence electrons. The lowest BCUT2D eigenvalue weighted by molar-refractivity contribution is 0.102. The lowest BCUT2D eigenvalue weighted by Gasteiger charge is -2.01. The van der Waals surface area contributed by atoms with Crippen molar-refractivity contribution in [1.29, 1.82) is 0 Å². The van der Waals surface area contributed by atoms with Crippen molar-refractivity contribution >= 4 is 11.7 Å². The molecule has 0 aliphatic heterocycles. The largest absolute Gasteiger partial charge is 0.326 e. The van der Waals surface area contributed by atoms with Crippen LogP contribution in [0.3, 0.4) is 0 Å². The highest BCUT2D eigenvalue weighted by Gasteiger charge is 2.12. The maximum Gasteiger partial charge on any atom is 0.262 e. The highest BCUT2D eigenvalue weighted by atomic mass is 16.2. The Bertz CT molecular complexity index is 642. The van der Waals surface area contributed by atoms with Gasteiger partial charge >= 0.3 is 0 Å². The Morgan fingerprint density at radius 3 is 2.89 bits per heavy atom. The predicted molar refractivity (Wildman–Crippen MR) is 72.3 cm³/mol. The number of H-pyrrole nitrogens is 2. The first kappa shape index (κ1) is 13.1. The van der Waals surface area contributed by atoms with Gasteiger partial charge in [0, 0.05) is 17.5 Å². The Balaban J connectivity index is 2.13. The quantitative estimate of drug-likeness (QED) is 0.780. The molecule has 0 aliphatic rings. The molecule has 2 aromatic heterocycles. The van der Waals surface area contributed by atoms with Crippen LogP contribution in [-0.2, 0) is 6.42 Å². The molecule has 3 N–H and O–H groups in total. The van der Waals surface area contributed by atoms with Crippen molar-refractivity contribution in [3.05, 3.63) is 45.5 Å². The van der Waals surface area contributed by atoms with Gasteiger partial charge in [0.25, 0.3) is 11.5 Å². The first-order valence-corrected chi connectivity index (χ1v) is 6.15. The number of carbonyl (C=O) groups is 1. The lowest BCUT2D eigenvalue weighted by atomic mass is 10.2. The van der Waals surface area contributed by atoms with E-state index in [0.717, 1.165) is 18.5 Å². The number of aryl methyl sites for hydroxylation is 2. The minimum Gasteiger partial charge on any atom is -0.326 e. The number of rotatable bonds is 4. The summed E-state index contributed by atoms with van der Waals surface area (Å²) in [5.74, 6) is -0.0378. The number of hydrogen-bond donors (Lipinski definition) is 3. The maximum atomic E-state index is 11.9. The summed E-state index contributed by atoms with van der Waals surface area (Å²) in [7, 11) is 0. The van der Waals surface area contributed by atoms with Gasteiger partial charge in [0.15, 0.2) is 5.82 Å². The molecule has 0 spiro atoms. The molecule has 0 saturated heterocycles. The number of anilines is 1. The monoisotopic (exact) mass is 260 g/mol. The van der Waals surface area contributed by atoms with E-state index < -0.39 is 11.5 Å². The molecule has 0 radical (unpaired) electrons. The fourth-order valence-corrected chi connectivity index (χ4v) is 1.76. The summed E-state index contributed by atoms with van der Waals surface area (Å²) in [6, 6.07) is 4.95. The highest BCUT2D eigenvalue weighted by Crippen LogP contribution is 2.08. The highest BCUT2D eigenvalue weighted by molar-refractivity contribution is 6.03. The van der Waals surface area contributed by atoms with E-state index in [-0.39, 0.29) is 5.56 Å². The Morgan fingerprint density at radius 2 is 2.21 bits per heavy atom. The van der Waals surface area contributed by atoms with Crippen molar-refractivity contribution in [2.45, 2.75) is 26.7 Å². The number of hydrogen-bond acceptors (Lipinski definition) is 3. The average molecular weight is 260 g/mol. The lowest BCUT2D eigenvalue weighted by Crippen LogP contribution is -2.23. The van der Waals surface area contributed by atoms with Gasteiger partial charge in [-0.3, -0.25) is 14.7 Å². The van der Waals surface area contributed by atoms with Gasteiger partial charge in [-0.1, -0.05) is 13.3 Å². The fourth-order valence-electron chi connectivity index (χ4n) is 1.76. The Hall–Kier alpha value is -2.37. The van der Waals surface area contributed by atoms with Crippen molar-refractivity contribution in [2.75, 3.05) is 5.32 Å². The third kappa shape index (κ3) is 3.09. The maximum absolute atomic E-state index is 11.9. The molecule has 0 aromatic carbocycles. The number of pyridine rings is 1. The molecule has 0 saturated carbocycles. The summed E-state index contributed by atoms with van der Waals surface area (Å²) in [4.78, 5) is 26.1. The normalized spacial score (nSPS) is 10.4. The molecule has 2 aromatic rings. The summed E-state index contributed by atoms with van der Waals surface area (Å²) in [6.07, 6.45) is 1.86. The van der Waals surface area contributed by atoms with Crippen molar-refractivity contribution in [3.63, 3.8) is 0 Å². The second kappa shape index (κ2) is 5.51. The van der Waals surface area contributed by atoms with Crippen LogP contribution in [0.4, 0.5) is 5.82 Å². The van der Waals surface area contributed by atoms with Gasteiger partial charge in [0.05, 0.1) is 0 Å². The van der Waals surface area contributed by atoms with Crippen LogP contribution in [0.15, 0.2) is 23.0 Å². The summed E-state index contributed by atoms with van der Waals surface area (Å²) in [5.41, 5.74) is 1.34. The summed E-state index contributed by atoms with van der Waals surface area (Å²) < 4.78 is 0. The molecule has 1 amide bonds. The second-order valence-electron chi connectivity index (χ2n) is 4.37. The van der Waals surface area contributed by atoms with Gasteiger partial charge in [-0.15, -0.1) is 0 Å². The third-order valence-corrected chi connectivity index (χ3v) is 2.69. The smallest absolute Gasteiger partial charge is 0.262 e. The topological polar surface area (TPSA) is 90.6 Å². The van der Waals surface area contributed by atoms with Crippen molar-refractivity contribution in [2.24, 2.45) is 0 Å². The average Bonchev–Trinajstić information content (AvgIpc) is 2.76. The molecule has 19 heavy (non-hydrogen) atoms. The molecular formula is C13H16N4O2. The standard InChI is InChI=1S/C13H16N4O2/c1-3-4-9-7-11(17-16-9)15-13(19)10-6-5-8(2)14-12(10)18/h5-7H,3-4H2,1-2H3,(H,14,18)(H2,15,16,17,19). The van der Waals surface area contributed by atoms with Crippen LogP contribution in [0.1, 0.15) is 35.1 Å². The zero-order valence-corrected chi connectivity index (χ0v) is 10.9. The summed E-state index contributed by atoms with van der Waals surface area (Å²) >= 11 is 0. The van der Waals surface area contributed by atoms with Crippen LogP contribution >= 0.6 is 0 Å². The van der Waals surface area contributed by atoms with E-state index in [1.807, 2.05) is 0 Å². The van der Waals surface area contributed by atoms with Crippen LogP contribution in [0, 0.1) is 6.92 Å². The second-order valence-corrected chi connectivity index (χ2v) is 4.37. The number of amides is 1. The van der Waals surface area contributed by atoms with E-state index in [1.165, 1.54) is 6.07 Å². The van der Waals surface area contributed by atoms with E-state index in [0.29, 0.717) is 11.5 Å². The van der Waals surface area contributed by atoms with Crippen molar-refractivity contribution < 1.29 is 4.79 Å². The van der Waals surface area contributed by atoms with E-state index in [2.05, 4.69) is 27.4 Å². The predicted octanol–water partition coefficient (Wildman–Crippen LogP) is 1.61. The zero-order chi connectivity index (χ0) is 13.8. The first-order chi connectivity index (χ1) is 9.10. The first-order valence-electron chi connectivity index (χ1n) is 6.15. The number of aromatic nitrogens is 3. The molecule has 0 fully saturated rings. The molecule has 0 bridgehead atoms. The summed E-state index contributed by atoms with van der Waals surface area (Å²) in [5, 5.41) is 9.41. The SMILES string of the molecule is CCCc1cc(NC(=O)c2ccc(C)[nH]c2=O)n[nH]1. The Labute approximate surface area is 110 Å². The summed E-state index contributed by atoms with van der Waals surface area (Å²) in [6.45, 7) is 3.82. The Morgan fingerprint density at radius 1 is 1.42 bits per heavy atom.